The Morgan fingerprint density at radius 1 is 1.33 bits per heavy atom. The van der Waals surface area contributed by atoms with Gasteiger partial charge in [0.2, 0.25) is 11.6 Å². The van der Waals surface area contributed by atoms with Gasteiger partial charge in [0, 0.05) is 4.90 Å². The zero-order valence-electron chi connectivity index (χ0n) is 10.4. The second-order valence-electron chi connectivity index (χ2n) is 3.71. The molecule has 0 aliphatic carbocycles. The van der Waals surface area contributed by atoms with Crippen LogP contribution in [0.25, 0.3) is 0 Å². The Morgan fingerprint density at radius 2 is 2.05 bits per heavy atom. The minimum Gasteiger partial charge on any atom is -0.378 e. The van der Waals surface area contributed by atoms with Crippen LogP contribution in [0.4, 0.5) is 31.8 Å². The molecule has 1 aromatic heterocycles. The maximum Gasteiger partial charge on any atom is 0.353 e. The predicted octanol–water partition coefficient (Wildman–Crippen LogP) is 3.03. The van der Waals surface area contributed by atoms with Crippen LogP contribution in [0.2, 0.25) is 0 Å². The molecule has 7 nitrogen and oxygen atoms in total. The zero-order valence-corrected chi connectivity index (χ0v) is 11.2. The number of para-hydroxylation sites is 1. The van der Waals surface area contributed by atoms with Crippen LogP contribution in [-0.4, -0.2) is 20.6 Å². The van der Waals surface area contributed by atoms with Gasteiger partial charge in [0.25, 0.3) is 5.76 Å². The standard InChI is InChI=1S/C11H9F2N5O2S/c12-11(13)21-7-4-2-1-3-6(7)17-10-8(18(19)20)9(14)15-5-16-10/h1-5,11H,(H3,14,15,16,17). The number of hydrogen-bond donors (Lipinski definition) is 2. The highest BCUT2D eigenvalue weighted by Crippen LogP contribution is 2.35. The van der Waals surface area contributed by atoms with Crippen LogP contribution in [-0.2, 0) is 0 Å². The molecule has 21 heavy (non-hydrogen) atoms. The molecule has 0 bridgehead atoms. The van der Waals surface area contributed by atoms with E-state index in [1.54, 1.807) is 12.1 Å². The Morgan fingerprint density at radius 3 is 2.71 bits per heavy atom. The van der Waals surface area contributed by atoms with E-state index in [0.717, 1.165) is 6.33 Å². The molecule has 0 spiro atoms. The first kappa shape index (κ1) is 14.9. The number of nitrogens with two attached hydrogens (primary N) is 1. The normalized spacial score (nSPS) is 10.6. The van der Waals surface area contributed by atoms with Crippen molar-refractivity contribution in [1.29, 1.82) is 0 Å². The molecule has 1 aromatic carbocycles. The fourth-order valence-corrected chi connectivity index (χ4v) is 2.16. The van der Waals surface area contributed by atoms with Crippen LogP contribution in [0.5, 0.6) is 0 Å². The summed E-state index contributed by atoms with van der Waals surface area (Å²) in [6.45, 7) is 0. The monoisotopic (exact) mass is 313 g/mol. The Balaban J connectivity index is 2.39. The fraction of sp³-hybridized carbons (Fsp3) is 0.0909. The lowest BCUT2D eigenvalue weighted by Gasteiger charge is -2.11. The largest absolute Gasteiger partial charge is 0.378 e. The molecule has 0 saturated heterocycles. The van der Waals surface area contributed by atoms with Gasteiger partial charge in [-0.25, -0.2) is 9.97 Å². The SMILES string of the molecule is Nc1ncnc(Nc2ccccc2SC(F)F)c1[N+](=O)[O-]. The van der Waals surface area contributed by atoms with Gasteiger partial charge in [0.1, 0.15) is 6.33 Å². The van der Waals surface area contributed by atoms with Gasteiger partial charge >= 0.3 is 5.69 Å². The third kappa shape index (κ3) is 3.54. The summed E-state index contributed by atoms with van der Waals surface area (Å²) in [4.78, 5) is 17.7. The lowest BCUT2D eigenvalue weighted by Crippen LogP contribution is -2.05. The van der Waals surface area contributed by atoms with E-state index in [9.17, 15) is 18.9 Å². The van der Waals surface area contributed by atoms with E-state index in [1.807, 2.05) is 0 Å². The van der Waals surface area contributed by atoms with Gasteiger partial charge in [0.15, 0.2) is 0 Å². The lowest BCUT2D eigenvalue weighted by molar-refractivity contribution is -0.383. The first-order valence-electron chi connectivity index (χ1n) is 5.54. The summed E-state index contributed by atoms with van der Waals surface area (Å²) in [7, 11) is 0. The molecule has 0 atom stereocenters. The molecule has 3 N–H and O–H groups in total. The van der Waals surface area contributed by atoms with Gasteiger partial charge in [-0.05, 0) is 12.1 Å². The summed E-state index contributed by atoms with van der Waals surface area (Å²) in [6, 6.07) is 6.16. The molecule has 0 radical (unpaired) electrons. The van der Waals surface area contributed by atoms with Crippen LogP contribution in [0.15, 0.2) is 35.5 Å². The average Bonchev–Trinajstić information content (AvgIpc) is 2.40. The van der Waals surface area contributed by atoms with E-state index in [1.165, 1.54) is 12.1 Å². The van der Waals surface area contributed by atoms with Crippen molar-refractivity contribution in [2.24, 2.45) is 0 Å². The van der Waals surface area contributed by atoms with Crippen LogP contribution in [0.1, 0.15) is 0 Å². The van der Waals surface area contributed by atoms with Gasteiger partial charge in [-0.15, -0.1) is 0 Å². The summed E-state index contributed by atoms with van der Waals surface area (Å²) in [5.41, 5.74) is 5.20. The van der Waals surface area contributed by atoms with Gasteiger partial charge in [0.05, 0.1) is 10.6 Å². The summed E-state index contributed by atoms with van der Waals surface area (Å²) in [6.07, 6.45) is 1.05. The van der Waals surface area contributed by atoms with Crippen molar-refractivity contribution in [2.75, 3.05) is 11.1 Å². The first-order chi connectivity index (χ1) is 9.99. The molecular formula is C11H9F2N5O2S. The molecule has 10 heteroatoms. The third-order valence-corrected chi connectivity index (χ3v) is 3.18. The van der Waals surface area contributed by atoms with E-state index in [0.29, 0.717) is 11.8 Å². The quantitative estimate of drug-likeness (QED) is 0.496. The van der Waals surface area contributed by atoms with Gasteiger partial charge < -0.3 is 11.1 Å². The predicted molar refractivity (Wildman–Crippen MR) is 74.7 cm³/mol. The van der Waals surface area contributed by atoms with E-state index in [-0.39, 0.29) is 22.2 Å². The molecule has 0 aliphatic heterocycles. The summed E-state index contributed by atoms with van der Waals surface area (Å²) in [5, 5.41) is 13.6. The molecule has 110 valence electrons. The van der Waals surface area contributed by atoms with Crippen molar-refractivity contribution in [2.45, 2.75) is 10.7 Å². The molecule has 0 aliphatic rings. The summed E-state index contributed by atoms with van der Waals surface area (Å²) in [5.74, 6) is -3.08. The molecule has 0 saturated carbocycles. The number of nitrogens with zero attached hydrogens (tertiary/aromatic N) is 3. The highest BCUT2D eigenvalue weighted by Gasteiger charge is 2.22. The average molecular weight is 313 g/mol. The van der Waals surface area contributed by atoms with E-state index in [2.05, 4.69) is 15.3 Å². The summed E-state index contributed by atoms with van der Waals surface area (Å²) < 4.78 is 25.0. The highest BCUT2D eigenvalue weighted by atomic mass is 32.2. The zero-order chi connectivity index (χ0) is 15.4. The number of nitrogens with one attached hydrogen (secondary N) is 1. The van der Waals surface area contributed by atoms with Crippen LogP contribution in [0.3, 0.4) is 0 Å². The van der Waals surface area contributed by atoms with Gasteiger partial charge in [-0.3, -0.25) is 10.1 Å². The molecular weight excluding hydrogens is 304 g/mol. The van der Waals surface area contributed by atoms with Crippen molar-refractivity contribution in [3.8, 4) is 0 Å². The van der Waals surface area contributed by atoms with Crippen molar-refractivity contribution < 1.29 is 13.7 Å². The van der Waals surface area contributed by atoms with Crippen molar-refractivity contribution in [3.63, 3.8) is 0 Å². The Hall–Kier alpha value is -2.49. The molecule has 0 amide bonds. The molecule has 1 heterocycles. The smallest absolute Gasteiger partial charge is 0.353 e. The third-order valence-electron chi connectivity index (χ3n) is 2.39. The van der Waals surface area contributed by atoms with Crippen molar-refractivity contribution in [1.82, 2.24) is 9.97 Å². The minimum absolute atomic E-state index is 0.158. The Bertz CT molecular complexity index is 671. The van der Waals surface area contributed by atoms with E-state index < -0.39 is 16.4 Å². The van der Waals surface area contributed by atoms with E-state index in [4.69, 9.17) is 5.73 Å². The molecule has 2 aromatic rings. The Labute approximate surface area is 121 Å². The van der Waals surface area contributed by atoms with E-state index >= 15 is 0 Å². The van der Waals surface area contributed by atoms with Gasteiger partial charge in [-0.2, -0.15) is 8.78 Å². The number of alkyl halides is 2. The Kier molecular flexibility index (Phi) is 4.48. The number of benzene rings is 1. The number of aromatic nitrogens is 2. The number of hydrogen-bond acceptors (Lipinski definition) is 7. The lowest BCUT2D eigenvalue weighted by atomic mass is 10.3. The summed E-state index contributed by atoms with van der Waals surface area (Å²) >= 11 is 0.322. The second kappa shape index (κ2) is 6.31. The van der Waals surface area contributed by atoms with Crippen LogP contribution in [0, 0.1) is 10.1 Å². The molecule has 0 fully saturated rings. The maximum atomic E-state index is 12.5. The van der Waals surface area contributed by atoms with Crippen molar-refractivity contribution in [3.05, 3.63) is 40.7 Å². The number of halogens is 2. The first-order valence-corrected chi connectivity index (χ1v) is 6.42. The maximum absolute atomic E-state index is 12.5. The number of anilines is 3. The minimum atomic E-state index is -2.61. The van der Waals surface area contributed by atoms with Crippen LogP contribution < -0.4 is 11.1 Å². The molecule has 0 unspecified atom stereocenters. The molecule has 2 rings (SSSR count). The number of nitro groups is 1. The number of thioether (sulfide) groups is 1. The highest BCUT2D eigenvalue weighted by molar-refractivity contribution is 7.99. The van der Waals surface area contributed by atoms with Crippen LogP contribution >= 0.6 is 11.8 Å². The topological polar surface area (TPSA) is 107 Å². The van der Waals surface area contributed by atoms with Gasteiger partial charge in [-0.1, -0.05) is 23.9 Å². The number of nitrogen functional groups attached to an aromatic ring is 1. The van der Waals surface area contributed by atoms with Crippen molar-refractivity contribution >= 4 is 34.8 Å². The number of rotatable bonds is 5. The fourth-order valence-electron chi connectivity index (χ4n) is 1.56. The second-order valence-corrected chi connectivity index (χ2v) is 4.74.